The average molecular weight is 385 g/mol. The van der Waals surface area contributed by atoms with Crippen molar-refractivity contribution >= 4 is 17.9 Å². The van der Waals surface area contributed by atoms with Crippen molar-refractivity contribution in [2.75, 3.05) is 19.6 Å². The summed E-state index contributed by atoms with van der Waals surface area (Å²) < 4.78 is 2.21. The summed E-state index contributed by atoms with van der Waals surface area (Å²) in [5.74, 6) is -0.207. The van der Waals surface area contributed by atoms with Crippen LogP contribution < -0.4 is 5.32 Å². The average Bonchev–Trinajstić information content (AvgIpc) is 2.97. The molecule has 2 heterocycles. The summed E-state index contributed by atoms with van der Waals surface area (Å²) in [5, 5.41) is 12.5. The van der Waals surface area contributed by atoms with E-state index in [0.717, 1.165) is 36.3 Å². The second kappa shape index (κ2) is 10.1. The molecular formula is C22H32N4O2. The summed E-state index contributed by atoms with van der Waals surface area (Å²) in [6.07, 6.45) is 4.94. The number of aromatic nitrogens is 1. The maximum absolute atomic E-state index is 12.8. The summed E-state index contributed by atoms with van der Waals surface area (Å²) in [6, 6.07) is 4.11. The first-order chi connectivity index (χ1) is 13.4. The molecule has 1 aliphatic rings. The van der Waals surface area contributed by atoms with Crippen molar-refractivity contribution in [3.8, 4) is 6.07 Å². The Balaban J connectivity index is 2.07. The molecule has 6 nitrogen and oxygen atoms in total. The fourth-order valence-corrected chi connectivity index (χ4v) is 3.75. The van der Waals surface area contributed by atoms with Gasteiger partial charge >= 0.3 is 0 Å². The summed E-state index contributed by atoms with van der Waals surface area (Å²) >= 11 is 0. The molecule has 0 spiro atoms. The molecular weight excluding hydrogens is 352 g/mol. The molecule has 0 unspecified atom stereocenters. The number of rotatable bonds is 7. The number of carbonyl (C=O) groups is 2. The largest absolute Gasteiger partial charge is 0.356 e. The lowest BCUT2D eigenvalue weighted by Gasteiger charge is -2.31. The number of hydrogen-bond acceptors (Lipinski definition) is 3. The van der Waals surface area contributed by atoms with Crippen molar-refractivity contribution in [2.45, 2.75) is 59.9 Å². The van der Waals surface area contributed by atoms with Crippen molar-refractivity contribution in [3.05, 3.63) is 28.6 Å². The Morgan fingerprint density at radius 1 is 1.25 bits per heavy atom. The number of amides is 2. The Bertz CT molecular complexity index is 777. The van der Waals surface area contributed by atoms with E-state index in [1.54, 1.807) is 11.0 Å². The van der Waals surface area contributed by atoms with E-state index < -0.39 is 0 Å². The molecule has 2 amide bonds. The van der Waals surface area contributed by atoms with E-state index in [2.05, 4.69) is 22.9 Å². The summed E-state index contributed by atoms with van der Waals surface area (Å²) in [6.45, 7) is 10.9. The maximum atomic E-state index is 12.8. The van der Waals surface area contributed by atoms with Crippen LogP contribution in [0.1, 0.15) is 56.5 Å². The van der Waals surface area contributed by atoms with Crippen molar-refractivity contribution in [1.82, 2.24) is 14.8 Å². The molecule has 0 aliphatic carbocycles. The van der Waals surface area contributed by atoms with E-state index in [0.29, 0.717) is 32.5 Å². The number of nitrogens with zero attached hydrogens (tertiary/aromatic N) is 3. The van der Waals surface area contributed by atoms with Gasteiger partial charge in [0.05, 0.1) is 0 Å². The molecule has 2 rings (SSSR count). The quantitative estimate of drug-likeness (QED) is 0.579. The first kappa shape index (κ1) is 21.7. The predicted molar refractivity (Wildman–Crippen MR) is 110 cm³/mol. The molecule has 0 saturated carbocycles. The van der Waals surface area contributed by atoms with Crippen LogP contribution in [-0.2, 0) is 16.1 Å². The van der Waals surface area contributed by atoms with Gasteiger partial charge in [0.2, 0.25) is 5.91 Å². The smallest absolute Gasteiger partial charge is 0.264 e. The Morgan fingerprint density at radius 3 is 2.50 bits per heavy atom. The summed E-state index contributed by atoms with van der Waals surface area (Å²) in [7, 11) is 0. The molecule has 0 aromatic carbocycles. The fourth-order valence-electron chi connectivity index (χ4n) is 3.75. The number of hydrogen-bond donors (Lipinski definition) is 1. The van der Waals surface area contributed by atoms with Crippen LogP contribution in [0, 0.1) is 31.1 Å². The van der Waals surface area contributed by atoms with E-state index in [-0.39, 0.29) is 23.3 Å². The van der Waals surface area contributed by atoms with E-state index in [9.17, 15) is 14.9 Å². The third-order valence-corrected chi connectivity index (χ3v) is 5.41. The second-order valence-electron chi connectivity index (χ2n) is 7.51. The third-order valence-electron chi connectivity index (χ3n) is 5.41. The highest BCUT2D eigenvalue weighted by Crippen LogP contribution is 2.22. The van der Waals surface area contributed by atoms with Gasteiger partial charge in [-0.25, -0.2) is 0 Å². The van der Waals surface area contributed by atoms with E-state index in [4.69, 9.17) is 0 Å². The van der Waals surface area contributed by atoms with Gasteiger partial charge in [-0.1, -0.05) is 13.8 Å². The highest BCUT2D eigenvalue weighted by molar-refractivity contribution is 6.02. The molecule has 0 radical (unpaired) electrons. The minimum Gasteiger partial charge on any atom is -0.356 e. The lowest BCUT2D eigenvalue weighted by atomic mass is 9.95. The highest BCUT2D eigenvalue weighted by Gasteiger charge is 2.28. The molecule has 6 heteroatoms. The van der Waals surface area contributed by atoms with Crippen molar-refractivity contribution < 1.29 is 9.59 Å². The first-order valence-electron chi connectivity index (χ1n) is 10.3. The zero-order chi connectivity index (χ0) is 20.7. The molecule has 1 aliphatic heterocycles. The predicted octanol–water partition coefficient (Wildman–Crippen LogP) is 3.19. The molecule has 1 N–H and O–H groups in total. The number of nitriles is 1. The van der Waals surface area contributed by atoms with Gasteiger partial charge in [-0.3, -0.25) is 9.59 Å². The van der Waals surface area contributed by atoms with E-state index in [1.165, 1.54) is 0 Å². The number of nitrogens with one attached hydrogen (secondary N) is 1. The Morgan fingerprint density at radius 2 is 1.93 bits per heavy atom. The van der Waals surface area contributed by atoms with Crippen molar-refractivity contribution in [2.24, 2.45) is 5.92 Å². The molecule has 152 valence electrons. The molecule has 1 saturated heterocycles. The normalized spacial score (nSPS) is 15.4. The maximum Gasteiger partial charge on any atom is 0.264 e. The molecule has 0 atom stereocenters. The minimum absolute atomic E-state index is 0.0434. The van der Waals surface area contributed by atoms with Gasteiger partial charge in [-0.15, -0.1) is 0 Å². The van der Waals surface area contributed by atoms with Crippen LogP contribution in [0.5, 0.6) is 0 Å². The Labute approximate surface area is 168 Å². The van der Waals surface area contributed by atoms with Gasteiger partial charge in [0, 0.05) is 43.5 Å². The van der Waals surface area contributed by atoms with Crippen LogP contribution in [-0.4, -0.2) is 40.9 Å². The first-order valence-corrected chi connectivity index (χ1v) is 10.3. The molecule has 0 bridgehead atoms. The number of aryl methyl sites for hydroxylation is 1. The Kier molecular flexibility index (Phi) is 7.86. The summed E-state index contributed by atoms with van der Waals surface area (Å²) in [5.41, 5.74) is 3.29. The van der Waals surface area contributed by atoms with Crippen LogP contribution in [0.25, 0.3) is 6.08 Å². The number of carbonyl (C=O) groups excluding carboxylic acids is 2. The van der Waals surface area contributed by atoms with E-state index in [1.807, 2.05) is 26.8 Å². The van der Waals surface area contributed by atoms with Crippen LogP contribution in [0.2, 0.25) is 0 Å². The van der Waals surface area contributed by atoms with Gasteiger partial charge in [-0.05, 0) is 57.2 Å². The van der Waals surface area contributed by atoms with Crippen LogP contribution >= 0.6 is 0 Å². The zero-order valence-corrected chi connectivity index (χ0v) is 17.5. The molecule has 1 aromatic heterocycles. The molecule has 28 heavy (non-hydrogen) atoms. The molecule has 1 aromatic rings. The number of piperidine rings is 1. The zero-order valence-electron chi connectivity index (χ0n) is 17.5. The van der Waals surface area contributed by atoms with Gasteiger partial charge in [-0.2, -0.15) is 5.26 Å². The fraction of sp³-hybridized carbons (Fsp3) is 0.591. The number of likely N-dealkylation sites (tertiary alicyclic amines) is 1. The van der Waals surface area contributed by atoms with Gasteiger partial charge in [0.15, 0.2) is 0 Å². The standard InChI is InChI=1S/C22H32N4O2/c1-5-9-24-21(27)18-7-11-25(12-8-18)22(28)20(15-23)14-19-13-16(3)26(10-6-2)17(19)4/h13-14,18H,5-12H2,1-4H3,(H,24,27)/b20-14+. The second-order valence-corrected chi connectivity index (χ2v) is 7.51. The van der Waals surface area contributed by atoms with Crippen LogP contribution in [0.3, 0.4) is 0 Å². The van der Waals surface area contributed by atoms with Crippen LogP contribution in [0.15, 0.2) is 11.6 Å². The van der Waals surface area contributed by atoms with Crippen molar-refractivity contribution in [3.63, 3.8) is 0 Å². The van der Waals surface area contributed by atoms with Crippen LogP contribution in [0.4, 0.5) is 0 Å². The third kappa shape index (κ3) is 5.03. The van der Waals surface area contributed by atoms with Crippen molar-refractivity contribution in [1.29, 1.82) is 5.26 Å². The minimum atomic E-state index is -0.241. The topological polar surface area (TPSA) is 78.1 Å². The van der Waals surface area contributed by atoms with Gasteiger partial charge in [0.1, 0.15) is 11.6 Å². The van der Waals surface area contributed by atoms with E-state index >= 15 is 0 Å². The van der Waals surface area contributed by atoms with Gasteiger partial charge < -0.3 is 14.8 Å². The lowest BCUT2D eigenvalue weighted by molar-refractivity contribution is -0.132. The SMILES string of the molecule is CCCNC(=O)C1CCN(C(=O)/C(C#N)=C/c2cc(C)n(CCC)c2C)CC1. The molecule has 1 fully saturated rings. The monoisotopic (exact) mass is 384 g/mol. The van der Waals surface area contributed by atoms with Gasteiger partial charge in [0.25, 0.3) is 5.91 Å². The lowest BCUT2D eigenvalue weighted by Crippen LogP contribution is -2.43. The summed E-state index contributed by atoms with van der Waals surface area (Å²) in [4.78, 5) is 26.6. The Hall–Kier alpha value is -2.55. The highest BCUT2D eigenvalue weighted by atomic mass is 16.2.